The van der Waals surface area contributed by atoms with E-state index in [9.17, 15) is 9.59 Å². The predicted molar refractivity (Wildman–Crippen MR) is 137 cm³/mol. The maximum absolute atomic E-state index is 13.4. The number of carbonyl (C=O) groups is 2. The minimum Gasteiger partial charge on any atom is -0.372 e. The second-order valence-corrected chi connectivity index (χ2v) is 10.2. The van der Waals surface area contributed by atoms with Crippen LogP contribution in [0.2, 0.25) is 5.02 Å². The molecule has 2 aromatic rings. The Bertz CT molecular complexity index is 1150. The van der Waals surface area contributed by atoms with Crippen molar-refractivity contribution in [2.75, 3.05) is 31.1 Å². The third-order valence-corrected chi connectivity index (χ3v) is 7.82. The number of benzene rings is 2. The number of likely N-dealkylation sites (tertiary alicyclic amines) is 1. The number of amides is 2. The summed E-state index contributed by atoms with van der Waals surface area (Å²) in [5.41, 5.74) is 2.61. The van der Waals surface area contributed by atoms with Crippen LogP contribution in [0.4, 0.5) is 5.69 Å². The van der Waals surface area contributed by atoms with Gasteiger partial charge in [-0.1, -0.05) is 54.1 Å². The van der Waals surface area contributed by atoms with Crippen molar-refractivity contribution in [3.63, 3.8) is 0 Å². The van der Waals surface area contributed by atoms with E-state index in [4.69, 9.17) is 16.3 Å². The summed E-state index contributed by atoms with van der Waals surface area (Å²) in [6.07, 6.45) is 4.41. The van der Waals surface area contributed by atoms with Gasteiger partial charge in [0.15, 0.2) is 0 Å². The van der Waals surface area contributed by atoms with Crippen molar-refractivity contribution in [2.45, 2.75) is 38.5 Å². The maximum atomic E-state index is 13.4. The van der Waals surface area contributed by atoms with Gasteiger partial charge in [-0.05, 0) is 49.6 Å². The number of rotatable bonds is 9. The van der Waals surface area contributed by atoms with Crippen molar-refractivity contribution in [1.82, 2.24) is 10.2 Å². The van der Waals surface area contributed by atoms with Crippen molar-refractivity contribution in [1.29, 1.82) is 0 Å². The zero-order valence-electron chi connectivity index (χ0n) is 20.2. The molecule has 3 aliphatic heterocycles. The van der Waals surface area contributed by atoms with Gasteiger partial charge >= 0.3 is 0 Å². The Hall–Kier alpha value is -2.83. The fraction of sp³-hybridized carbons (Fsp3) is 0.429. The third-order valence-electron chi connectivity index (χ3n) is 7.45. The molecule has 4 unspecified atom stereocenters. The maximum Gasteiger partial charge on any atom is 0.230 e. The van der Waals surface area contributed by atoms with Gasteiger partial charge in [0.1, 0.15) is 5.60 Å². The van der Waals surface area contributed by atoms with Crippen molar-refractivity contribution >= 4 is 29.1 Å². The topological polar surface area (TPSA) is 61.9 Å². The molecule has 3 heterocycles. The van der Waals surface area contributed by atoms with E-state index in [1.807, 2.05) is 36.4 Å². The smallest absolute Gasteiger partial charge is 0.230 e. The first-order chi connectivity index (χ1) is 16.9. The first kappa shape index (κ1) is 23.9. The Balaban J connectivity index is 1.20. The number of hydrogen-bond acceptors (Lipinski definition) is 4. The zero-order chi connectivity index (χ0) is 24.6. The summed E-state index contributed by atoms with van der Waals surface area (Å²) in [4.78, 5) is 30.8. The number of carbonyl (C=O) groups excluding carboxylic acids is 2. The first-order valence-corrected chi connectivity index (χ1v) is 12.8. The summed E-state index contributed by atoms with van der Waals surface area (Å²) in [5, 5.41) is 3.72. The van der Waals surface area contributed by atoms with Crippen LogP contribution in [0.3, 0.4) is 0 Å². The molecule has 35 heavy (non-hydrogen) atoms. The lowest BCUT2D eigenvalue weighted by atomic mass is 9.77. The van der Waals surface area contributed by atoms with E-state index in [-0.39, 0.29) is 17.9 Å². The van der Waals surface area contributed by atoms with Gasteiger partial charge in [0.2, 0.25) is 11.8 Å². The van der Waals surface area contributed by atoms with E-state index >= 15 is 0 Å². The van der Waals surface area contributed by atoms with Crippen molar-refractivity contribution in [3.8, 4) is 0 Å². The molecule has 0 aromatic heterocycles. The number of ether oxygens (including phenoxy) is 1. The fourth-order valence-electron chi connectivity index (χ4n) is 5.74. The molecule has 2 bridgehead atoms. The largest absolute Gasteiger partial charge is 0.372 e. The first-order valence-electron chi connectivity index (χ1n) is 12.4. The van der Waals surface area contributed by atoms with Gasteiger partial charge in [-0.15, -0.1) is 0 Å². The SMILES string of the molecule is CCN(CCCNC(=O)C1C2C=CC3(CN(Cc4ccccc4Cl)C(=O)C13)O2)c1cccc(C)c1. The van der Waals surface area contributed by atoms with Gasteiger partial charge in [0.25, 0.3) is 0 Å². The van der Waals surface area contributed by atoms with E-state index < -0.39 is 17.4 Å². The van der Waals surface area contributed by atoms with Crippen LogP contribution in [0.15, 0.2) is 60.7 Å². The van der Waals surface area contributed by atoms with Crippen LogP contribution < -0.4 is 10.2 Å². The van der Waals surface area contributed by atoms with Gasteiger partial charge in [0.05, 0.1) is 24.5 Å². The standard InChI is InChI=1S/C28H32ClN3O3/c1-3-31(21-10-6-8-19(2)16-21)15-7-14-30-26(33)24-23-12-13-28(35-23)18-32(27(34)25(24)28)17-20-9-4-5-11-22(20)29/h4-6,8-13,16,23-25H,3,7,14-15,17-18H2,1-2H3,(H,30,33). The normalized spacial score (nSPS) is 26.3. The quantitative estimate of drug-likeness (QED) is 0.424. The Morgan fingerprint density at radius 3 is 2.86 bits per heavy atom. The number of hydrogen-bond donors (Lipinski definition) is 1. The van der Waals surface area contributed by atoms with Crippen LogP contribution in [0, 0.1) is 18.8 Å². The van der Waals surface area contributed by atoms with E-state index in [1.165, 1.54) is 11.3 Å². The highest BCUT2D eigenvalue weighted by Gasteiger charge is 2.66. The molecule has 0 aliphatic carbocycles. The van der Waals surface area contributed by atoms with Crippen molar-refractivity contribution in [3.05, 3.63) is 76.8 Å². The van der Waals surface area contributed by atoms with Crippen LogP contribution in [0.1, 0.15) is 24.5 Å². The molecule has 1 spiro atoms. The highest BCUT2D eigenvalue weighted by molar-refractivity contribution is 6.31. The lowest BCUT2D eigenvalue weighted by Gasteiger charge is -2.25. The van der Waals surface area contributed by atoms with Crippen LogP contribution in [0.25, 0.3) is 0 Å². The number of anilines is 1. The van der Waals surface area contributed by atoms with Gasteiger partial charge in [-0.3, -0.25) is 9.59 Å². The molecule has 5 rings (SSSR count). The minimum absolute atomic E-state index is 0.0338. The average Bonchev–Trinajstić information content (AvgIpc) is 3.48. The Morgan fingerprint density at radius 2 is 2.09 bits per heavy atom. The van der Waals surface area contributed by atoms with Crippen LogP contribution in [0.5, 0.6) is 0 Å². The Kier molecular flexibility index (Phi) is 6.60. The molecule has 2 amide bonds. The summed E-state index contributed by atoms with van der Waals surface area (Å²) in [6.45, 7) is 7.41. The number of aryl methyl sites for hydroxylation is 1. The fourth-order valence-corrected chi connectivity index (χ4v) is 5.93. The van der Waals surface area contributed by atoms with Gasteiger partial charge < -0.3 is 19.9 Å². The van der Waals surface area contributed by atoms with Crippen LogP contribution in [-0.2, 0) is 20.9 Å². The second kappa shape index (κ2) is 9.67. The van der Waals surface area contributed by atoms with Crippen LogP contribution in [-0.4, -0.2) is 54.6 Å². The summed E-state index contributed by atoms with van der Waals surface area (Å²) in [6, 6.07) is 16.0. The van der Waals surface area contributed by atoms with Gasteiger partial charge in [0, 0.05) is 36.9 Å². The molecule has 2 aromatic carbocycles. The summed E-state index contributed by atoms with van der Waals surface area (Å²) < 4.78 is 6.24. The minimum atomic E-state index is -0.713. The van der Waals surface area contributed by atoms with Crippen molar-refractivity contribution in [2.24, 2.45) is 11.8 Å². The molecule has 184 valence electrons. The molecule has 2 saturated heterocycles. The molecule has 3 aliphatic rings. The second-order valence-electron chi connectivity index (χ2n) is 9.75. The molecule has 0 radical (unpaired) electrons. The molecule has 6 nitrogen and oxygen atoms in total. The van der Waals surface area contributed by atoms with Crippen molar-refractivity contribution < 1.29 is 14.3 Å². The molecule has 0 saturated carbocycles. The monoisotopic (exact) mass is 493 g/mol. The van der Waals surface area contributed by atoms with Gasteiger partial charge in [-0.25, -0.2) is 0 Å². The van der Waals surface area contributed by atoms with E-state index in [0.29, 0.717) is 24.7 Å². The van der Waals surface area contributed by atoms with E-state index in [2.05, 4.69) is 48.3 Å². The van der Waals surface area contributed by atoms with E-state index in [1.54, 1.807) is 4.90 Å². The number of nitrogens with one attached hydrogen (secondary N) is 1. The highest BCUT2D eigenvalue weighted by atomic mass is 35.5. The number of halogens is 1. The Labute approximate surface area is 211 Å². The molecule has 2 fully saturated rings. The zero-order valence-corrected chi connectivity index (χ0v) is 21.0. The molecule has 4 atom stereocenters. The highest BCUT2D eigenvalue weighted by Crippen LogP contribution is 2.52. The van der Waals surface area contributed by atoms with E-state index in [0.717, 1.165) is 25.1 Å². The Morgan fingerprint density at radius 1 is 1.26 bits per heavy atom. The summed E-state index contributed by atoms with van der Waals surface area (Å²) >= 11 is 6.33. The lowest BCUT2D eigenvalue weighted by molar-refractivity contribution is -0.137. The average molecular weight is 494 g/mol. The number of fused-ring (bicyclic) bond motifs is 1. The van der Waals surface area contributed by atoms with Gasteiger partial charge in [-0.2, -0.15) is 0 Å². The third kappa shape index (κ3) is 4.45. The summed E-state index contributed by atoms with van der Waals surface area (Å²) in [5.74, 6) is -1.12. The summed E-state index contributed by atoms with van der Waals surface area (Å²) in [7, 11) is 0. The predicted octanol–water partition coefficient (Wildman–Crippen LogP) is 3.96. The molecular weight excluding hydrogens is 462 g/mol. The number of nitrogens with zero attached hydrogens (tertiary/aromatic N) is 2. The molecule has 1 N–H and O–H groups in total. The molecular formula is C28H32ClN3O3. The molecule has 7 heteroatoms. The lowest BCUT2D eigenvalue weighted by Crippen LogP contribution is -2.44. The van der Waals surface area contributed by atoms with Crippen LogP contribution >= 0.6 is 11.6 Å².